The zero-order chi connectivity index (χ0) is 10.7. The van der Waals surface area contributed by atoms with Gasteiger partial charge in [-0.3, -0.25) is 9.89 Å². The molecule has 2 atom stereocenters. The summed E-state index contributed by atoms with van der Waals surface area (Å²) in [4.78, 5) is 15.6. The molecule has 1 fully saturated rings. The van der Waals surface area contributed by atoms with Crippen molar-refractivity contribution in [3.63, 3.8) is 0 Å². The molecule has 2 N–H and O–H groups in total. The summed E-state index contributed by atoms with van der Waals surface area (Å²) in [6.07, 6.45) is 2.40. The first-order valence-corrected chi connectivity index (χ1v) is 4.99. The lowest BCUT2D eigenvalue weighted by Gasteiger charge is -2.07. The average Bonchev–Trinajstić information content (AvgIpc) is 2.84. The zero-order valence-electron chi connectivity index (χ0n) is 8.56. The molecule has 82 valence electrons. The first-order valence-electron chi connectivity index (χ1n) is 4.99. The second kappa shape index (κ2) is 4.39. The molecule has 2 unspecified atom stereocenters. The maximum Gasteiger partial charge on any atom is 0.225 e. The number of H-pyrrole nitrogens is 1. The number of amides is 1. The van der Waals surface area contributed by atoms with Gasteiger partial charge in [0.15, 0.2) is 0 Å². The second-order valence-electron chi connectivity index (χ2n) is 3.73. The summed E-state index contributed by atoms with van der Waals surface area (Å²) in [6.45, 7) is 2.89. The highest BCUT2D eigenvalue weighted by atomic mass is 16.5. The van der Waals surface area contributed by atoms with Gasteiger partial charge in [-0.15, -0.1) is 0 Å². The zero-order valence-corrected chi connectivity index (χ0v) is 8.56. The van der Waals surface area contributed by atoms with E-state index in [1.165, 1.54) is 6.33 Å². The Labute approximate surface area is 87.4 Å². The molecule has 0 aliphatic carbocycles. The van der Waals surface area contributed by atoms with E-state index in [2.05, 4.69) is 20.5 Å². The van der Waals surface area contributed by atoms with E-state index in [-0.39, 0.29) is 17.9 Å². The van der Waals surface area contributed by atoms with E-state index in [1.807, 2.05) is 6.92 Å². The highest BCUT2D eigenvalue weighted by molar-refractivity contribution is 5.78. The number of ether oxygens (including phenoxy) is 1. The highest BCUT2D eigenvalue weighted by Gasteiger charge is 2.27. The van der Waals surface area contributed by atoms with Crippen LogP contribution in [-0.4, -0.2) is 33.8 Å². The topological polar surface area (TPSA) is 79.9 Å². The molecular formula is C9H14N4O2. The Morgan fingerprint density at radius 2 is 2.67 bits per heavy atom. The van der Waals surface area contributed by atoms with Gasteiger partial charge in [-0.25, -0.2) is 4.98 Å². The van der Waals surface area contributed by atoms with Crippen LogP contribution in [0, 0.1) is 5.92 Å². The van der Waals surface area contributed by atoms with Gasteiger partial charge in [0.2, 0.25) is 5.91 Å². The summed E-state index contributed by atoms with van der Waals surface area (Å²) >= 11 is 0. The van der Waals surface area contributed by atoms with Crippen molar-refractivity contribution in [2.45, 2.75) is 26.0 Å². The molecule has 1 aliphatic rings. The van der Waals surface area contributed by atoms with Gasteiger partial charge < -0.3 is 10.1 Å². The molecule has 2 heterocycles. The normalized spacial score (nSPS) is 25.4. The Morgan fingerprint density at radius 1 is 1.80 bits per heavy atom. The molecule has 0 spiro atoms. The van der Waals surface area contributed by atoms with Crippen LogP contribution in [-0.2, 0) is 16.1 Å². The van der Waals surface area contributed by atoms with Crippen molar-refractivity contribution in [3.8, 4) is 0 Å². The van der Waals surface area contributed by atoms with Crippen LogP contribution in [0.15, 0.2) is 6.33 Å². The number of nitrogens with zero attached hydrogens (tertiary/aromatic N) is 2. The van der Waals surface area contributed by atoms with E-state index in [0.29, 0.717) is 19.0 Å². The Hall–Kier alpha value is -1.43. The van der Waals surface area contributed by atoms with E-state index < -0.39 is 0 Å². The standard InChI is InChI=1S/C9H14N4O2/c1-6-2-7(4-15-6)9(14)10-3-8-11-5-12-13-8/h5-7H,2-4H2,1H3,(H,10,14)(H,11,12,13). The number of aromatic amines is 1. The number of hydrogen-bond donors (Lipinski definition) is 2. The molecule has 1 saturated heterocycles. The Balaban J connectivity index is 1.78. The molecular weight excluding hydrogens is 196 g/mol. The van der Waals surface area contributed by atoms with Crippen molar-refractivity contribution in [2.24, 2.45) is 5.92 Å². The molecule has 1 aromatic heterocycles. The fourth-order valence-electron chi connectivity index (χ4n) is 1.63. The first kappa shape index (κ1) is 10.1. The van der Waals surface area contributed by atoms with Crippen molar-refractivity contribution in [1.82, 2.24) is 20.5 Å². The maximum absolute atomic E-state index is 11.6. The first-order chi connectivity index (χ1) is 7.25. The van der Waals surface area contributed by atoms with E-state index in [1.54, 1.807) is 0 Å². The van der Waals surface area contributed by atoms with Crippen LogP contribution in [0.1, 0.15) is 19.2 Å². The minimum absolute atomic E-state index is 0.0238. The fourth-order valence-corrected chi connectivity index (χ4v) is 1.63. The van der Waals surface area contributed by atoms with Crippen LogP contribution in [0.4, 0.5) is 0 Å². The average molecular weight is 210 g/mol. The summed E-state index contributed by atoms with van der Waals surface area (Å²) in [5.74, 6) is 0.661. The largest absolute Gasteiger partial charge is 0.378 e. The van der Waals surface area contributed by atoms with Crippen LogP contribution in [0.2, 0.25) is 0 Å². The molecule has 0 aromatic carbocycles. The van der Waals surface area contributed by atoms with Gasteiger partial charge in [-0.2, -0.15) is 5.10 Å². The summed E-state index contributed by atoms with van der Waals surface area (Å²) in [5.41, 5.74) is 0. The quantitative estimate of drug-likeness (QED) is 0.726. The predicted octanol–water partition coefficient (Wildman–Crippen LogP) is -0.154. The Bertz CT molecular complexity index is 325. The monoisotopic (exact) mass is 210 g/mol. The Kier molecular flexibility index (Phi) is 2.96. The molecule has 0 bridgehead atoms. The summed E-state index contributed by atoms with van der Waals surface area (Å²) in [6, 6.07) is 0. The van der Waals surface area contributed by atoms with Gasteiger partial charge in [-0.1, -0.05) is 0 Å². The smallest absolute Gasteiger partial charge is 0.225 e. The molecule has 15 heavy (non-hydrogen) atoms. The van der Waals surface area contributed by atoms with Gasteiger partial charge in [-0.05, 0) is 13.3 Å². The molecule has 1 aromatic rings. The van der Waals surface area contributed by atoms with E-state index in [4.69, 9.17) is 4.74 Å². The molecule has 1 aliphatic heterocycles. The van der Waals surface area contributed by atoms with Crippen LogP contribution in [0.5, 0.6) is 0 Å². The summed E-state index contributed by atoms with van der Waals surface area (Å²) in [7, 11) is 0. The van der Waals surface area contributed by atoms with Crippen molar-refractivity contribution < 1.29 is 9.53 Å². The highest BCUT2D eigenvalue weighted by Crippen LogP contribution is 2.18. The Morgan fingerprint density at radius 3 is 3.27 bits per heavy atom. The second-order valence-corrected chi connectivity index (χ2v) is 3.73. The number of aromatic nitrogens is 3. The molecule has 6 heteroatoms. The van der Waals surface area contributed by atoms with Crippen molar-refractivity contribution in [2.75, 3.05) is 6.61 Å². The summed E-state index contributed by atoms with van der Waals surface area (Å²) in [5, 5.41) is 9.18. The third-order valence-corrected chi connectivity index (χ3v) is 2.46. The van der Waals surface area contributed by atoms with Crippen LogP contribution in [0.25, 0.3) is 0 Å². The molecule has 0 saturated carbocycles. The molecule has 1 amide bonds. The van der Waals surface area contributed by atoms with Crippen molar-refractivity contribution in [1.29, 1.82) is 0 Å². The van der Waals surface area contributed by atoms with Crippen LogP contribution < -0.4 is 5.32 Å². The minimum atomic E-state index is -0.0251. The van der Waals surface area contributed by atoms with Gasteiger partial charge in [0.05, 0.1) is 25.2 Å². The molecule has 2 rings (SSSR count). The van der Waals surface area contributed by atoms with Gasteiger partial charge in [0, 0.05) is 0 Å². The molecule has 0 radical (unpaired) electrons. The van der Waals surface area contributed by atoms with E-state index >= 15 is 0 Å². The predicted molar refractivity (Wildman–Crippen MR) is 51.8 cm³/mol. The lowest BCUT2D eigenvalue weighted by Crippen LogP contribution is -2.30. The number of carbonyl (C=O) groups excluding carboxylic acids is 1. The lowest BCUT2D eigenvalue weighted by atomic mass is 10.1. The van der Waals surface area contributed by atoms with Gasteiger partial charge >= 0.3 is 0 Å². The van der Waals surface area contributed by atoms with Crippen LogP contribution >= 0.6 is 0 Å². The van der Waals surface area contributed by atoms with E-state index in [9.17, 15) is 4.79 Å². The van der Waals surface area contributed by atoms with E-state index in [0.717, 1.165) is 6.42 Å². The van der Waals surface area contributed by atoms with Crippen molar-refractivity contribution in [3.05, 3.63) is 12.2 Å². The SMILES string of the molecule is CC1CC(C(=O)NCc2ncn[nH]2)CO1. The third-order valence-electron chi connectivity index (χ3n) is 2.46. The third kappa shape index (κ3) is 2.53. The number of carbonyl (C=O) groups is 1. The number of nitrogens with one attached hydrogen (secondary N) is 2. The number of hydrogen-bond acceptors (Lipinski definition) is 4. The van der Waals surface area contributed by atoms with Crippen molar-refractivity contribution >= 4 is 5.91 Å². The molecule has 6 nitrogen and oxygen atoms in total. The fraction of sp³-hybridized carbons (Fsp3) is 0.667. The van der Waals surface area contributed by atoms with Crippen LogP contribution in [0.3, 0.4) is 0 Å². The lowest BCUT2D eigenvalue weighted by molar-refractivity contribution is -0.125. The number of rotatable bonds is 3. The van der Waals surface area contributed by atoms with Gasteiger partial charge in [0.25, 0.3) is 0 Å². The minimum Gasteiger partial charge on any atom is -0.378 e. The summed E-state index contributed by atoms with van der Waals surface area (Å²) < 4.78 is 5.33. The maximum atomic E-state index is 11.6. The van der Waals surface area contributed by atoms with Gasteiger partial charge in [0.1, 0.15) is 12.2 Å².